The number of carbonyl (C=O) groups excluding carboxylic acids is 2. The first kappa shape index (κ1) is 29.6. The lowest BCUT2D eigenvalue weighted by Crippen LogP contribution is -2.49. The molecule has 0 spiro atoms. The van der Waals surface area contributed by atoms with Crippen LogP contribution in [0.2, 0.25) is 0 Å². The first-order chi connectivity index (χ1) is 14.8. The molecule has 0 amide bonds. The highest BCUT2D eigenvalue weighted by Crippen LogP contribution is 2.45. The van der Waals surface area contributed by atoms with E-state index in [4.69, 9.17) is 4.74 Å². The minimum absolute atomic E-state index is 0.150. The molecule has 0 aliphatic heterocycles. The molecule has 0 bridgehead atoms. The van der Waals surface area contributed by atoms with Crippen molar-refractivity contribution < 1.29 is 45.4 Å². The predicted molar refractivity (Wildman–Crippen MR) is 110 cm³/mol. The van der Waals surface area contributed by atoms with Crippen molar-refractivity contribution in [1.29, 1.82) is 0 Å². The van der Waals surface area contributed by atoms with Gasteiger partial charge in [0.05, 0.1) is 11.8 Å². The van der Waals surface area contributed by atoms with E-state index in [1.165, 1.54) is 0 Å². The molecule has 4 nitrogen and oxygen atoms in total. The molecule has 1 saturated carbocycles. The zero-order valence-electron chi connectivity index (χ0n) is 20.2. The van der Waals surface area contributed by atoms with E-state index in [0.717, 1.165) is 12.8 Å². The van der Waals surface area contributed by atoms with Crippen LogP contribution in [0.25, 0.3) is 0 Å². The maximum absolute atomic E-state index is 13.4. The van der Waals surface area contributed by atoms with Crippen molar-refractivity contribution in [2.75, 3.05) is 0 Å². The molecule has 0 radical (unpaired) electrons. The fourth-order valence-corrected chi connectivity index (χ4v) is 4.21. The van der Waals surface area contributed by atoms with Crippen molar-refractivity contribution in [1.82, 2.24) is 0 Å². The van der Waals surface area contributed by atoms with Crippen LogP contribution in [0.15, 0.2) is 0 Å². The summed E-state index contributed by atoms with van der Waals surface area (Å²) in [5, 5.41) is 0. The highest BCUT2D eigenvalue weighted by atomic mass is 19.4. The molecule has 0 heterocycles. The Hall–Kier alpha value is -1.48. The Morgan fingerprint density at radius 1 is 0.909 bits per heavy atom. The second-order valence-electron chi connectivity index (χ2n) is 10.5. The maximum Gasteiger partial charge on any atom is 0.434 e. The van der Waals surface area contributed by atoms with Crippen LogP contribution in [0.3, 0.4) is 0 Å². The topological polar surface area (TPSA) is 52.6 Å². The van der Waals surface area contributed by atoms with Crippen LogP contribution in [0, 0.1) is 16.7 Å². The molecule has 194 valence electrons. The smallest absolute Gasteiger partial charge is 0.434 e. The Labute approximate surface area is 191 Å². The molecule has 1 aliphatic carbocycles. The number of halogens is 6. The van der Waals surface area contributed by atoms with Gasteiger partial charge in [-0.25, -0.2) is 0 Å². The molecule has 0 aromatic heterocycles. The van der Waals surface area contributed by atoms with Gasteiger partial charge in [0.1, 0.15) is 5.60 Å². The summed E-state index contributed by atoms with van der Waals surface area (Å²) in [6.07, 6.45) is -13.3. The van der Waals surface area contributed by atoms with Gasteiger partial charge < -0.3 is 9.47 Å². The van der Waals surface area contributed by atoms with Gasteiger partial charge in [0.2, 0.25) is 0 Å². The summed E-state index contributed by atoms with van der Waals surface area (Å²) in [7, 11) is 0. The maximum atomic E-state index is 13.4. The molecular weight excluding hydrogens is 454 g/mol. The third kappa shape index (κ3) is 8.05. The monoisotopic (exact) mass is 490 g/mol. The molecule has 1 atom stereocenters. The third-order valence-corrected chi connectivity index (χ3v) is 6.93. The Kier molecular flexibility index (Phi) is 9.33. The zero-order chi connectivity index (χ0) is 25.9. The number of carbonyl (C=O) groups is 2. The number of rotatable bonds is 9. The van der Waals surface area contributed by atoms with Crippen molar-refractivity contribution in [2.45, 2.75) is 117 Å². The SMILES string of the molecule is CCC(C)(C)CC(C)(C(=O)OC1(CC(=O)OC(C(F)(F)F)C(F)(F)F)CCCCC1)C(C)C. The summed E-state index contributed by atoms with van der Waals surface area (Å²) in [4.78, 5) is 25.6. The molecule has 1 unspecified atom stereocenters. The normalized spacial score (nSPS) is 19.3. The molecular formula is C23H36F6O4. The highest BCUT2D eigenvalue weighted by molar-refractivity contribution is 5.78. The average Bonchev–Trinajstić information content (AvgIpc) is 2.64. The first-order valence-corrected chi connectivity index (χ1v) is 11.3. The fourth-order valence-electron chi connectivity index (χ4n) is 4.21. The number of hydrogen-bond donors (Lipinski definition) is 0. The van der Waals surface area contributed by atoms with Gasteiger partial charge in [-0.05, 0) is 50.4 Å². The number of hydrogen-bond acceptors (Lipinski definition) is 4. The van der Waals surface area contributed by atoms with E-state index in [1.54, 1.807) is 6.92 Å². The lowest BCUT2D eigenvalue weighted by atomic mass is 9.67. The minimum Gasteiger partial charge on any atom is -0.458 e. The van der Waals surface area contributed by atoms with Crippen LogP contribution < -0.4 is 0 Å². The van der Waals surface area contributed by atoms with E-state index < -0.39 is 47.8 Å². The van der Waals surface area contributed by atoms with E-state index in [1.807, 2.05) is 34.6 Å². The molecule has 33 heavy (non-hydrogen) atoms. The number of alkyl halides is 6. The molecule has 0 aromatic rings. The highest BCUT2D eigenvalue weighted by Gasteiger charge is 2.60. The van der Waals surface area contributed by atoms with Crippen LogP contribution in [0.4, 0.5) is 26.3 Å². The van der Waals surface area contributed by atoms with Crippen LogP contribution in [-0.2, 0) is 19.1 Å². The minimum atomic E-state index is -5.80. The quantitative estimate of drug-likeness (QED) is 0.254. The zero-order valence-corrected chi connectivity index (χ0v) is 20.2. The Morgan fingerprint density at radius 3 is 1.79 bits per heavy atom. The van der Waals surface area contributed by atoms with Crippen molar-refractivity contribution in [3.8, 4) is 0 Å². The van der Waals surface area contributed by atoms with Crippen molar-refractivity contribution in [2.24, 2.45) is 16.7 Å². The van der Waals surface area contributed by atoms with Gasteiger partial charge in [-0.15, -0.1) is 0 Å². The van der Waals surface area contributed by atoms with E-state index in [-0.39, 0.29) is 24.2 Å². The Bertz CT molecular complexity index is 663. The largest absolute Gasteiger partial charge is 0.458 e. The van der Waals surface area contributed by atoms with E-state index in [0.29, 0.717) is 19.3 Å². The number of esters is 2. The molecule has 0 N–H and O–H groups in total. The van der Waals surface area contributed by atoms with Gasteiger partial charge >= 0.3 is 24.3 Å². The molecule has 1 aliphatic rings. The second-order valence-corrected chi connectivity index (χ2v) is 10.5. The molecule has 10 heteroatoms. The summed E-state index contributed by atoms with van der Waals surface area (Å²) in [6.45, 7) is 11.4. The lowest BCUT2D eigenvalue weighted by molar-refractivity contribution is -0.314. The van der Waals surface area contributed by atoms with Crippen LogP contribution >= 0.6 is 0 Å². The molecule has 0 aromatic carbocycles. The standard InChI is InChI=1S/C23H36F6O4/c1-7-19(4,5)14-20(6,15(2)3)18(31)33-21(11-9-8-10-12-21)13-16(30)32-17(22(24,25)26)23(27,28)29/h15,17H,7-14H2,1-6H3. The van der Waals surface area contributed by atoms with Gasteiger partial charge in [0.25, 0.3) is 6.10 Å². The van der Waals surface area contributed by atoms with Crippen molar-refractivity contribution in [3.05, 3.63) is 0 Å². The summed E-state index contributed by atoms with van der Waals surface area (Å²) in [5.41, 5.74) is -2.64. The first-order valence-electron chi connectivity index (χ1n) is 11.3. The van der Waals surface area contributed by atoms with E-state index in [2.05, 4.69) is 4.74 Å². The van der Waals surface area contributed by atoms with Crippen LogP contribution in [0.5, 0.6) is 0 Å². The van der Waals surface area contributed by atoms with Gasteiger partial charge in [-0.3, -0.25) is 9.59 Å². The number of ether oxygens (including phenoxy) is 2. The van der Waals surface area contributed by atoms with Gasteiger partial charge in [0, 0.05) is 0 Å². The second kappa shape index (κ2) is 10.4. The van der Waals surface area contributed by atoms with Gasteiger partial charge in [-0.2, -0.15) is 26.3 Å². The lowest BCUT2D eigenvalue weighted by Gasteiger charge is -2.43. The van der Waals surface area contributed by atoms with E-state index >= 15 is 0 Å². The summed E-state index contributed by atoms with van der Waals surface area (Å²) < 4.78 is 86.5. The van der Waals surface area contributed by atoms with Crippen LogP contribution in [-0.4, -0.2) is 36.0 Å². The molecule has 1 fully saturated rings. The van der Waals surface area contributed by atoms with Gasteiger partial charge in [-0.1, -0.05) is 47.5 Å². The fraction of sp³-hybridized carbons (Fsp3) is 0.913. The third-order valence-electron chi connectivity index (χ3n) is 6.93. The molecule has 1 rings (SSSR count). The van der Waals surface area contributed by atoms with Gasteiger partial charge in [0.15, 0.2) is 0 Å². The summed E-state index contributed by atoms with van der Waals surface area (Å²) in [6, 6.07) is 0. The predicted octanol–water partition coefficient (Wildman–Crippen LogP) is 7.15. The van der Waals surface area contributed by atoms with Crippen molar-refractivity contribution >= 4 is 11.9 Å². The Balaban J connectivity index is 3.15. The molecule has 0 saturated heterocycles. The van der Waals surface area contributed by atoms with E-state index in [9.17, 15) is 35.9 Å². The average molecular weight is 491 g/mol. The van der Waals surface area contributed by atoms with Crippen molar-refractivity contribution in [3.63, 3.8) is 0 Å². The van der Waals surface area contributed by atoms with Crippen LogP contribution in [0.1, 0.15) is 92.9 Å². The summed E-state index contributed by atoms with van der Waals surface area (Å²) in [5.74, 6) is -2.44. The Morgan fingerprint density at radius 2 is 1.39 bits per heavy atom. The summed E-state index contributed by atoms with van der Waals surface area (Å²) >= 11 is 0.